The van der Waals surface area contributed by atoms with Crippen molar-refractivity contribution in [2.75, 3.05) is 19.6 Å². The smallest absolute Gasteiger partial charge is 0.0809 e. The minimum absolute atomic E-state index is 0.227. The highest BCUT2D eigenvalue weighted by molar-refractivity contribution is 5.47. The number of hydrogen-bond acceptors (Lipinski definition) is 1. The Labute approximate surface area is 141 Å². The summed E-state index contributed by atoms with van der Waals surface area (Å²) in [6.07, 6.45) is 0.965. The Hall–Kier alpha value is -2.04. The predicted molar refractivity (Wildman–Crippen MR) is 99.5 cm³/mol. The van der Waals surface area contributed by atoms with E-state index in [1.165, 1.54) is 11.1 Å². The Morgan fingerprint density at radius 1 is 0.783 bits per heavy atom. The van der Waals surface area contributed by atoms with Crippen molar-refractivity contribution in [2.45, 2.75) is 32.6 Å². The molecule has 1 nitrogen and oxygen atoms in total. The van der Waals surface area contributed by atoms with E-state index in [2.05, 4.69) is 98.2 Å². The van der Waals surface area contributed by atoms with Gasteiger partial charge in [-0.3, -0.25) is 4.90 Å². The van der Waals surface area contributed by atoms with E-state index >= 15 is 0 Å². The van der Waals surface area contributed by atoms with Gasteiger partial charge in [0.25, 0.3) is 0 Å². The maximum Gasteiger partial charge on any atom is 0.0809 e. The molecular weight excluding hydrogens is 278 g/mol. The Balaban J connectivity index is 2.46. The standard InChI is InChI=1S/C22H27N/c1-4-22(20-14-9-7-10-15-20,21-16-11-8-12-17-21)18-13-19-23(5-2)6-3/h7-12,14-17H,4-6,19H2,1-3H3. The fourth-order valence-electron chi connectivity index (χ4n) is 3.00. The lowest BCUT2D eigenvalue weighted by molar-refractivity contribution is 0.342. The van der Waals surface area contributed by atoms with Gasteiger partial charge in [-0.25, -0.2) is 0 Å². The maximum atomic E-state index is 3.62. The van der Waals surface area contributed by atoms with Crippen LogP contribution < -0.4 is 0 Å². The molecule has 1 heteroatoms. The molecule has 0 aliphatic rings. The van der Waals surface area contributed by atoms with E-state index in [0.717, 1.165) is 26.1 Å². The van der Waals surface area contributed by atoms with Crippen molar-refractivity contribution in [3.63, 3.8) is 0 Å². The van der Waals surface area contributed by atoms with Crippen LogP contribution in [0.5, 0.6) is 0 Å². The molecule has 0 unspecified atom stereocenters. The van der Waals surface area contributed by atoms with Gasteiger partial charge in [-0.05, 0) is 30.6 Å². The van der Waals surface area contributed by atoms with Crippen LogP contribution in [-0.2, 0) is 5.41 Å². The summed E-state index contributed by atoms with van der Waals surface area (Å²) in [5.41, 5.74) is 2.33. The Bertz CT molecular complexity index is 590. The summed E-state index contributed by atoms with van der Waals surface area (Å²) in [5, 5.41) is 0. The van der Waals surface area contributed by atoms with Crippen LogP contribution in [0.3, 0.4) is 0 Å². The number of hydrogen-bond donors (Lipinski definition) is 0. The van der Waals surface area contributed by atoms with E-state index in [4.69, 9.17) is 0 Å². The minimum atomic E-state index is -0.227. The van der Waals surface area contributed by atoms with Crippen LogP contribution in [0.4, 0.5) is 0 Å². The first-order valence-electron chi connectivity index (χ1n) is 8.60. The van der Waals surface area contributed by atoms with Gasteiger partial charge in [-0.1, -0.05) is 93.3 Å². The number of rotatable bonds is 6. The molecule has 0 N–H and O–H groups in total. The Morgan fingerprint density at radius 2 is 1.26 bits per heavy atom. The van der Waals surface area contributed by atoms with Crippen LogP contribution in [0, 0.1) is 11.8 Å². The molecule has 0 aliphatic carbocycles. The third-order valence-corrected chi connectivity index (χ3v) is 4.56. The lowest BCUT2D eigenvalue weighted by atomic mass is 9.73. The van der Waals surface area contributed by atoms with Gasteiger partial charge in [-0.15, -0.1) is 0 Å². The number of nitrogens with zero attached hydrogens (tertiary/aromatic N) is 1. The molecule has 0 radical (unpaired) electrons. The molecule has 0 heterocycles. The van der Waals surface area contributed by atoms with E-state index in [1.54, 1.807) is 0 Å². The molecule has 0 atom stereocenters. The van der Waals surface area contributed by atoms with E-state index in [1.807, 2.05) is 0 Å². The van der Waals surface area contributed by atoms with Crippen molar-refractivity contribution < 1.29 is 0 Å². The maximum absolute atomic E-state index is 3.62. The van der Waals surface area contributed by atoms with Crippen molar-refractivity contribution in [3.8, 4) is 11.8 Å². The van der Waals surface area contributed by atoms with Crippen molar-refractivity contribution >= 4 is 0 Å². The Morgan fingerprint density at radius 3 is 1.65 bits per heavy atom. The molecule has 2 aromatic rings. The van der Waals surface area contributed by atoms with Crippen molar-refractivity contribution in [1.29, 1.82) is 0 Å². The topological polar surface area (TPSA) is 3.24 Å². The van der Waals surface area contributed by atoms with Crippen LogP contribution >= 0.6 is 0 Å². The molecule has 0 saturated heterocycles. The zero-order chi connectivity index (χ0) is 16.5. The van der Waals surface area contributed by atoms with E-state index in [0.29, 0.717) is 0 Å². The van der Waals surface area contributed by atoms with Gasteiger partial charge >= 0.3 is 0 Å². The van der Waals surface area contributed by atoms with Gasteiger partial charge in [0.15, 0.2) is 0 Å². The average Bonchev–Trinajstić information content (AvgIpc) is 2.64. The molecule has 2 rings (SSSR count). The summed E-state index contributed by atoms with van der Waals surface area (Å²) in [6.45, 7) is 9.52. The molecule has 0 aromatic heterocycles. The minimum Gasteiger partial charge on any atom is -0.293 e. The summed E-state index contributed by atoms with van der Waals surface area (Å²) in [4.78, 5) is 2.35. The first-order valence-corrected chi connectivity index (χ1v) is 8.60. The molecule has 120 valence electrons. The van der Waals surface area contributed by atoms with Crippen molar-refractivity contribution in [2.24, 2.45) is 0 Å². The summed E-state index contributed by atoms with van der Waals surface area (Å²) >= 11 is 0. The lowest BCUT2D eigenvalue weighted by Gasteiger charge is -2.29. The van der Waals surface area contributed by atoms with Gasteiger partial charge in [0, 0.05) is 0 Å². The molecule has 0 spiro atoms. The molecule has 0 aliphatic heterocycles. The summed E-state index contributed by atoms with van der Waals surface area (Å²) in [7, 11) is 0. The van der Waals surface area contributed by atoms with E-state index < -0.39 is 0 Å². The SMILES string of the molecule is CCN(CC)CC#CC(CC)(c1ccccc1)c1ccccc1. The van der Waals surface area contributed by atoms with E-state index in [9.17, 15) is 0 Å². The second-order valence-electron chi connectivity index (χ2n) is 5.75. The van der Waals surface area contributed by atoms with Crippen LogP contribution in [-0.4, -0.2) is 24.5 Å². The molecule has 23 heavy (non-hydrogen) atoms. The fourth-order valence-corrected chi connectivity index (χ4v) is 3.00. The molecule has 0 fully saturated rings. The fraction of sp³-hybridized carbons (Fsp3) is 0.364. The van der Waals surface area contributed by atoms with Crippen LogP contribution in [0.25, 0.3) is 0 Å². The predicted octanol–water partition coefficient (Wildman–Crippen LogP) is 4.73. The van der Waals surface area contributed by atoms with Gasteiger partial charge in [0.1, 0.15) is 0 Å². The summed E-state index contributed by atoms with van der Waals surface area (Å²) in [5.74, 6) is 7.08. The molecule has 2 aromatic carbocycles. The molecule has 0 amide bonds. The molecule has 0 saturated carbocycles. The van der Waals surface area contributed by atoms with Crippen LogP contribution in [0.2, 0.25) is 0 Å². The highest BCUT2D eigenvalue weighted by Gasteiger charge is 2.30. The number of benzene rings is 2. The van der Waals surface area contributed by atoms with Crippen LogP contribution in [0.1, 0.15) is 38.3 Å². The molecular formula is C22H27N. The normalized spacial score (nSPS) is 11.1. The highest BCUT2D eigenvalue weighted by atomic mass is 15.1. The first kappa shape index (κ1) is 17.3. The second-order valence-corrected chi connectivity index (χ2v) is 5.75. The van der Waals surface area contributed by atoms with Gasteiger partial charge in [0.05, 0.1) is 12.0 Å². The molecule has 0 bridgehead atoms. The average molecular weight is 305 g/mol. The second kappa shape index (κ2) is 8.56. The van der Waals surface area contributed by atoms with Gasteiger partial charge < -0.3 is 0 Å². The monoisotopic (exact) mass is 305 g/mol. The summed E-state index contributed by atoms with van der Waals surface area (Å²) < 4.78 is 0. The largest absolute Gasteiger partial charge is 0.293 e. The van der Waals surface area contributed by atoms with Gasteiger partial charge in [-0.2, -0.15) is 0 Å². The quantitative estimate of drug-likeness (QED) is 0.698. The van der Waals surface area contributed by atoms with Gasteiger partial charge in [0.2, 0.25) is 0 Å². The van der Waals surface area contributed by atoms with Crippen molar-refractivity contribution in [3.05, 3.63) is 71.8 Å². The van der Waals surface area contributed by atoms with Crippen molar-refractivity contribution in [1.82, 2.24) is 4.90 Å². The zero-order valence-corrected chi connectivity index (χ0v) is 14.5. The highest BCUT2D eigenvalue weighted by Crippen LogP contribution is 2.34. The lowest BCUT2D eigenvalue weighted by Crippen LogP contribution is -2.27. The first-order chi connectivity index (χ1) is 11.3. The third kappa shape index (κ3) is 4.03. The summed E-state index contributed by atoms with van der Waals surface area (Å²) in [6, 6.07) is 21.3. The van der Waals surface area contributed by atoms with E-state index in [-0.39, 0.29) is 5.41 Å². The third-order valence-electron chi connectivity index (χ3n) is 4.56. The zero-order valence-electron chi connectivity index (χ0n) is 14.5. The van der Waals surface area contributed by atoms with Crippen LogP contribution in [0.15, 0.2) is 60.7 Å². The Kier molecular flexibility index (Phi) is 6.44.